The molecule has 0 saturated heterocycles. The Labute approximate surface area is 120 Å². The minimum absolute atomic E-state index is 0.155. The maximum Gasteiger partial charge on any atom is 0.194 e. The standard InChI is InChI=1S/C13H5Cl2F5/c14-7-4-10(18)9(17)3-6(7)11(15)5-1-2-8(16)13(20)12(5)19/h1-4,11H. The molecule has 0 spiro atoms. The SMILES string of the molecule is Fc1cc(Cl)c(C(Cl)c2ccc(F)c(F)c2F)cc1F. The van der Waals surface area contributed by atoms with Crippen LogP contribution >= 0.6 is 23.2 Å². The zero-order chi connectivity index (χ0) is 15.0. The van der Waals surface area contributed by atoms with E-state index in [1.165, 1.54) is 0 Å². The molecule has 2 rings (SSSR count). The van der Waals surface area contributed by atoms with Gasteiger partial charge in [-0.1, -0.05) is 17.7 Å². The molecule has 0 nitrogen and oxygen atoms in total. The van der Waals surface area contributed by atoms with E-state index in [0.29, 0.717) is 18.2 Å². The first kappa shape index (κ1) is 15.1. The normalized spacial score (nSPS) is 12.6. The third-order valence-electron chi connectivity index (χ3n) is 2.65. The first-order valence-electron chi connectivity index (χ1n) is 5.24. The van der Waals surface area contributed by atoms with Crippen LogP contribution in [0, 0.1) is 29.1 Å². The maximum absolute atomic E-state index is 13.6. The summed E-state index contributed by atoms with van der Waals surface area (Å²) in [5, 5.41) is -1.65. The summed E-state index contributed by atoms with van der Waals surface area (Å²) in [7, 11) is 0. The van der Waals surface area contributed by atoms with Gasteiger partial charge in [-0.2, -0.15) is 0 Å². The van der Waals surface area contributed by atoms with Gasteiger partial charge in [0.05, 0.1) is 5.38 Å². The van der Waals surface area contributed by atoms with Crippen LogP contribution in [0.1, 0.15) is 16.5 Å². The van der Waals surface area contributed by atoms with Gasteiger partial charge >= 0.3 is 0 Å². The zero-order valence-corrected chi connectivity index (χ0v) is 11.0. The van der Waals surface area contributed by atoms with Gasteiger partial charge in [0.25, 0.3) is 0 Å². The van der Waals surface area contributed by atoms with Crippen LogP contribution in [-0.4, -0.2) is 0 Å². The monoisotopic (exact) mass is 326 g/mol. The highest BCUT2D eigenvalue weighted by atomic mass is 35.5. The fraction of sp³-hybridized carbons (Fsp3) is 0.0769. The lowest BCUT2D eigenvalue weighted by atomic mass is 10.0. The van der Waals surface area contributed by atoms with Crippen molar-refractivity contribution in [3.8, 4) is 0 Å². The second-order valence-corrected chi connectivity index (χ2v) is 4.76. The molecule has 1 atom stereocenters. The molecule has 2 aromatic carbocycles. The summed E-state index contributed by atoms with van der Waals surface area (Å²) in [6.45, 7) is 0. The van der Waals surface area contributed by atoms with Gasteiger partial charge in [-0.15, -0.1) is 11.6 Å². The van der Waals surface area contributed by atoms with Gasteiger partial charge in [0.15, 0.2) is 29.1 Å². The molecule has 0 radical (unpaired) electrons. The van der Waals surface area contributed by atoms with E-state index in [1.54, 1.807) is 0 Å². The fourth-order valence-electron chi connectivity index (χ4n) is 1.64. The van der Waals surface area contributed by atoms with Crippen molar-refractivity contribution in [2.24, 2.45) is 0 Å². The Morgan fingerprint density at radius 3 is 2.00 bits per heavy atom. The molecule has 106 valence electrons. The largest absolute Gasteiger partial charge is 0.204 e. The molecular weight excluding hydrogens is 322 g/mol. The number of alkyl halides is 1. The lowest BCUT2D eigenvalue weighted by Crippen LogP contribution is -2.03. The molecule has 0 aliphatic heterocycles. The van der Waals surface area contributed by atoms with Crippen LogP contribution < -0.4 is 0 Å². The summed E-state index contributed by atoms with van der Waals surface area (Å²) in [6.07, 6.45) is 0. The molecule has 0 heterocycles. The second kappa shape index (κ2) is 5.58. The molecule has 20 heavy (non-hydrogen) atoms. The first-order valence-corrected chi connectivity index (χ1v) is 6.06. The summed E-state index contributed by atoms with van der Waals surface area (Å²) >= 11 is 11.6. The van der Waals surface area contributed by atoms with Crippen LogP contribution in [0.25, 0.3) is 0 Å². The zero-order valence-electron chi connectivity index (χ0n) is 9.53. The topological polar surface area (TPSA) is 0 Å². The van der Waals surface area contributed by atoms with Crippen LogP contribution in [0.15, 0.2) is 24.3 Å². The number of halogens is 7. The van der Waals surface area contributed by atoms with Gasteiger partial charge in [-0.05, 0) is 23.8 Å². The van der Waals surface area contributed by atoms with Crippen molar-refractivity contribution < 1.29 is 22.0 Å². The molecule has 0 bridgehead atoms. The molecular formula is C13H5Cl2F5. The number of hydrogen-bond acceptors (Lipinski definition) is 0. The van der Waals surface area contributed by atoms with Crippen LogP contribution in [-0.2, 0) is 0 Å². The van der Waals surface area contributed by atoms with Crippen molar-refractivity contribution in [2.45, 2.75) is 5.38 Å². The van der Waals surface area contributed by atoms with Crippen molar-refractivity contribution >= 4 is 23.2 Å². The Hall–Kier alpha value is -1.33. The molecule has 0 fully saturated rings. The fourth-order valence-corrected chi connectivity index (χ4v) is 2.30. The van der Waals surface area contributed by atoms with Crippen molar-refractivity contribution in [3.63, 3.8) is 0 Å². The van der Waals surface area contributed by atoms with E-state index in [0.717, 1.165) is 6.07 Å². The van der Waals surface area contributed by atoms with E-state index in [-0.39, 0.29) is 10.6 Å². The smallest absolute Gasteiger partial charge is 0.194 e. The molecule has 0 aliphatic rings. The quantitative estimate of drug-likeness (QED) is 0.301. The Balaban J connectivity index is 2.55. The summed E-state index contributed by atoms with van der Waals surface area (Å²) in [5.41, 5.74) is -0.587. The van der Waals surface area contributed by atoms with E-state index in [9.17, 15) is 22.0 Å². The van der Waals surface area contributed by atoms with Gasteiger partial charge in [-0.25, -0.2) is 22.0 Å². The molecule has 0 aliphatic carbocycles. The average molecular weight is 327 g/mol. The molecule has 0 aromatic heterocycles. The highest BCUT2D eigenvalue weighted by Crippen LogP contribution is 2.36. The van der Waals surface area contributed by atoms with Crippen LogP contribution in [0.2, 0.25) is 5.02 Å². The van der Waals surface area contributed by atoms with Gasteiger partial charge < -0.3 is 0 Å². The molecule has 0 saturated carbocycles. The third kappa shape index (κ3) is 2.60. The second-order valence-electron chi connectivity index (χ2n) is 3.91. The van der Waals surface area contributed by atoms with E-state index >= 15 is 0 Å². The van der Waals surface area contributed by atoms with Crippen LogP contribution in [0.4, 0.5) is 22.0 Å². The average Bonchev–Trinajstić information content (AvgIpc) is 2.40. The van der Waals surface area contributed by atoms with E-state index in [2.05, 4.69) is 0 Å². The highest BCUT2D eigenvalue weighted by molar-refractivity contribution is 6.33. The Morgan fingerprint density at radius 1 is 0.750 bits per heavy atom. The molecule has 0 amide bonds. The molecule has 7 heteroatoms. The van der Waals surface area contributed by atoms with E-state index < -0.39 is 40.0 Å². The van der Waals surface area contributed by atoms with Gasteiger partial charge in [0.1, 0.15) is 0 Å². The molecule has 2 aromatic rings. The minimum atomic E-state index is -1.70. The lowest BCUT2D eigenvalue weighted by Gasteiger charge is -2.14. The molecule has 0 N–H and O–H groups in total. The van der Waals surface area contributed by atoms with Crippen molar-refractivity contribution in [3.05, 3.63) is 69.5 Å². The van der Waals surface area contributed by atoms with Crippen molar-refractivity contribution in [1.82, 2.24) is 0 Å². The van der Waals surface area contributed by atoms with Gasteiger partial charge in [0, 0.05) is 10.6 Å². The molecule has 1 unspecified atom stereocenters. The third-order valence-corrected chi connectivity index (χ3v) is 3.45. The van der Waals surface area contributed by atoms with Gasteiger partial charge in [-0.3, -0.25) is 0 Å². The number of hydrogen-bond donors (Lipinski definition) is 0. The predicted octanol–water partition coefficient (Wildman–Crippen LogP) is 5.36. The van der Waals surface area contributed by atoms with Gasteiger partial charge in [0.2, 0.25) is 0 Å². The summed E-state index contributed by atoms with van der Waals surface area (Å²) in [5.74, 6) is -7.03. The van der Waals surface area contributed by atoms with Crippen LogP contribution in [0.5, 0.6) is 0 Å². The highest BCUT2D eigenvalue weighted by Gasteiger charge is 2.23. The first-order chi connectivity index (χ1) is 9.32. The van der Waals surface area contributed by atoms with Crippen molar-refractivity contribution in [1.29, 1.82) is 0 Å². The maximum atomic E-state index is 13.6. The number of benzene rings is 2. The van der Waals surface area contributed by atoms with Crippen LogP contribution in [0.3, 0.4) is 0 Å². The Morgan fingerprint density at radius 2 is 1.35 bits per heavy atom. The van der Waals surface area contributed by atoms with E-state index in [4.69, 9.17) is 23.2 Å². The summed E-state index contributed by atoms with van der Waals surface area (Å²) < 4.78 is 65.7. The Bertz CT molecular complexity index is 670. The summed E-state index contributed by atoms with van der Waals surface area (Å²) in [6, 6.07) is 2.93. The minimum Gasteiger partial charge on any atom is -0.204 e. The number of rotatable bonds is 2. The Kier molecular flexibility index (Phi) is 4.20. The lowest BCUT2D eigenvalue weighted by molar-refractivity contribution is 0.441. The van der Waals surface area contributed by atoms with E-state index in [1.807, 2.05) is 0 Å². The predicted molar refractivity (Wildman–Crippen MR) is 65.4 cm³/mol. The summed E-state index contributed by atoms with van der Waals surface area (Å²) in [4.78, 5) is 0. The van der Waals surface area contributed by atoms with Crippen molar-refractivity contribution in [2.75, 3.05) is 0 Å².